The van der Waals surface area contributed by atoms with E-state index in [1.54, 1.807) is 6.07 Å². The number of hydrogen-bond acceptors (Lipinski definition) is 2. The van der Waals surface area contributed by atoms with Crippen LogP contribution in [-0.2, 0) is 0 Å². The summed E-state index contributed by atoms with van der Waals surface area (Å²) < 4.78 is 13.1. The lowest BCUT2D eigenvalue weighted by molar-refractivity contribution is 0.101. The van der Waals surface area contributed by atoms with Gasteiger partial charge in [-0.2, -0.15) is 0 Å². The van der Waals surface area contributed by atoms with Crippen molar-refractivity contribution in [2.75, 3.05) is 18.5 Å². The molecule has 0 saturated carbocycles. The molecule has 0 saturated heterocycles. The van der Waals surface area contributed by atoms with Crippen LogP contribution in [0.3, 0.4) is 0 Å². The summed E-state index contributed by atoms with van der Waals surface area (Å²) in [5.74, 6) is 0.0202. The molecule has 88 valence electrons. The molecule has 0 heterocycles. The number of nitrogens with zero attached hydrogens (tertiary/aromatic N) is 1. The van der Waals surface area contributed by atoms with Crippen LogP contribution in [0.4, 0.5) is 10.1 Å². The third kappa shape index (κ3) is 3.05. The molecule has 0 atom stereocenters. The summed E-state index contributed by atoms with van der Waals surface area (Å²) in [7, 11) is 1.92. The van der Waals surface area contributed by atoms with Crippen molar-refractivity contribution in [1.82, 2.24) is 0 Å². The molecule has 1 aromatic carbocycles. The van der Waals surface area contributed by atoms with Crippen molar-refractivity contribution >= 4 is 11.5 Å². The maximum absolute atomic E-state index is 13.1. The van der Waals surface area contributed by atoms with Crippen LogP contribution >= 0.6 is 0 Å². The van der Waals surface area contributed by atoms with Crippen molar-refractivity contribution in [2.45, 2.75) is 20.8 Å². The average Bonchev–Trinajstić information content (AvgIpc) is 2.16. The Morgan fingerprint density at radius 1 is 1.44 bits per heavy atom. The topological polar surface area (TPSA) is 20.3 Å². The zero-order valence-electron chi connectivity index (χ0n) is 10.2. The van der Waals surface area contributed by atoms with E-state index in [1.165, 1.54) is 19.1 Å². The van der Waals surface area contributed by atoms with Gasteiger partial charge < -0.3 is 4.90 Å². The molecule has 0 spiro atoms. The number of hydrogen-bond donors (Lipinski definition) is 0. The molecule has 0 radical (unpaired) electrons. The van der Waals surface area contributed by atoms with Crippen molar-refractivity contribution in [1.29, 1.82) is 0 Å². The molecule has 0 aromatic heterocycles. The van der Waals surface area contributed by atoms with E-state index in [0.29, 0.717) is 11.5 Å². The molecule has 1 aromatic rings. The molecule has 0 N–H and O–H groups in total. The Hall–Kier alpha value is -1.38. The summed E-state index contributed by atoms with van der Waals surface area (Å²) in [6.45, 7) is 6.51. The van der Waals surface area contributed by atoms with Crippen molar-refractivity contribution in [3.8, 4) is 0 Å². The third-order valence-electron chi connectivity index (χ3n) is 2.39. The maximum atomic E-state index is 13.1. The highest BCUT2D eigenvalue weighted by Gasteiger charge is 2.12. The van der Waals surface area contributed by atoms with Gasteiger partial charge in [-0.1, -0.05) is 13.8 Å². The van der Waals surface area contributed by atoms with Crippen molar-refractivity contribution in [3.63, 3.8) is 0 Å². The van der Waals surface area contributed by atoms with Gasteiger partial charge in [0.25, 0.3) is 0 Å². The monoisotopic (exact) mass is 223 g/mol. The fraction of sp³-hybridized carbons (Fsp3) is 0.462. The summed E-state index contributed by atoms with van der Waals surface area (Å²) in [4.78, 5) is 13.4. The zero-order valence-corrected chi connectivity index (χ0v) is 10.2. The highest BCUT2D eigenvalue weighted by atomic mass is 19.1. The second-order valence-corrected chi connectivity index (χ2v) is 4.49. The minimum absolute atomic E-state index is 0.106. The number of rotatable bonds is 4. The van der Waals surface area contributed by atoms with E-state index < -0.39 is 0 Å². The van der Waals surface area contributed by atoms with E-state index in [1.807, 2.05) is 11.9 Å². The van der Waals surface area contributed by atoms with E-state index >= 15 is 0 Å². The number of benzene rings is 1. The van der Waals surface area contributed by atoms with Crippen LogP contribution in [-0.4, -0.2) is 19.4 Å². The summed E-state index contributed by atoms with van der Waals surface area (Å²) in [6, 6.07) is 4.35. The number of carbonyl (C=O) groups is 1. The maximum Gasteiger partial charge on any atom is 0.161 e. The average molecular weight is 223 g/mol. The fourth-order valence-electron chi connectivity index (χ4n) is 1.77. The van der Waals surface area contributed by atoms with Crippen LogP contribution in [0.2, 0.25) is 0 Å². The predicted molar refractivity (Wildman–Crippen MR) is 64.5 cm³/mol. The van der Waals surface area contributed by atoms with Gasteiger partial charge in [0.15, 0.2) is 5.78 Å². The second-order valence-electron chi connectivity index (χ2n) is 4.49. The Bertz CT molecular complexity index is 388. The molecule has 16 heavy (non-hydrogen) atoms. The summed E-state index contributed by atoms with van der Waals surface area (Å²) in [5, 5.41) is 0. The number of anilines is 1. The predicted octanol–water partition coefficient (Wildman–Crippen LogP) is 3.12. The smallest absolute Gasteiger partial charge is 0.161 e. The molecule has 3 heteroatoms. The summed E-state index contributed by atoms with van der Waals surface area (Å²) in [5.41, 5.74) is 1.24. The van der Waals surface area contributed by atoms with Gasteiger partial charge in [-0.25, -0.2) is 4.39 Å². The first-order chi connectivity index (χ1) is 7.41. The molecule has 2 nitrogen and oxygen atoms in total. The van der Waals surface area contributed by atoms with Gasteiger partial charge >= 0.3 is 0 Å². The van der Waals surface area contributed by atoms with Crippen LogP contribution in [0.15, 0.2) is 18.2 Å². The zero-order chi connectivity index (χ0) is 12.3. The molecule has 0 amide bonds. The van der Waals surface area contributed by atoms with E-state index in [-0.39, 0.29) is 11.6 Å². The van der Waals surface area contributed by atoms with E-state index in [2.05, 4.69) is 13.8 Å². The second kappa shape index (κ2) is 5.10. The molecule has 0 aliphatic rings. The highest BCUT2D eigenvalue weighted by molar-refractivity contribution is 5.99. The standard InChI is InChI=1S/C13H18FNO/c1-9(2)8-15(4)13-6-5-11(14)7-12(13)10(3)16/h5-7,9H,8H2,1-4H3. The Balaban J connectivity index is 3.07. The van der Waals surface area contributed by atoms with Gasteiger partial charge in [-0.05, 0) is 31.0 Å². The Morgan fingerprint density at radius 3 is 2.56 bits per heavy atom. The Morgan fingerprint density at radius 2 is 2.06 bits per heavy atom. The Kier molecular flexibility index (Phi) is 4.05. The fourth-order valence-corrected chi connectivity index (χ4v) is 1.77. The minimum atomic E-state index is -0.369. The van der Waals surface area contributed by atoms with E-state index in [9.17, 15) is 9.18 Å². The van der Waals surface area contributed by atoms with E-state index in [4.69, 9.17) is 0 Å². The van der Waals surface area contributed by atoms with Gasteiger partial charge in [-0.15, -0.1) is 0 Å². The van der Waals surface area contributed by atoms with Crippen molar-refractivity contribution < 1.29 is 9.18 Å². The van der Waals surface area contributed by atoms with Gasteiger partial charge in [0, 0.05) is 24.8 Å². The summed E-state index contributed by atoms with van der Waals surface area (Å²) in [6.07, 6.45) is 0. The van der Waals surface area contributed by atoms with Gasteiger partial charge in [0.2, 0.25) is 0 Å². The summed E-state index contributed by atoms with van der Waals surface area (Å²) >= 11 is 0. The van der Waals surface area contributed by atoms with Crippen molar-refractivity contribution in [3.05, 3.63) is 29.6 Å². The quantitative estimate of drug-likeness (QED) is 0.731. The molecule has 0 aliphatic heterocycles. The first-order valence-electron chi connectivity index (χ1n) is 5.43. The molecule has 0 fully saturated rings. The number of ketones is 1. The third-order valence-corrected chi connectivity index (χ3v) is 2.39. The van der Waals surface area contributed by atoms with E-state index in [0.717, 1.165) is 12.2 Å². The van der Waals surface area contributed by atoms with Crippen LogP contribution in [0.25, 0.3) is 0 Å². The molecule has 0 aliphatic carbocycles. The van der Waals surface area contributed by atoms with Crippen LogP contribution in [0.1, 0.15) is 31.1 Å². The highest BCUT2D eigenvalue weighted by Crippen LogP contribution is 2.22. The minimum Gasteiger partial charge on any atom is -0.374 e. The number of carbonyl (C=O) groups excluding carboxylic acids is 1. The SMILES string of the molecule is CC(=O)c1cc(F)ccc1N(C)CC(C)C. The van der Waals surface area contributed by atoms with Gasteiger partial charge in [0.05, 0.1) is 0 Å². The first-order valence-corrected chi connectivity index (χ1v) is 5.43. The molecular formula is C13H18FNO. The lowest BCUT2D eigenvalue weighted by Gasteiger charge is -2.23. The largest absolute Gasteiger partial charge is 0.374 e. The molecule has 1 rings (SSSR count). The molecule has 0 unspecified atom stereocenters. The van der Waals surface area contributed by atoms with Gasteiger partial charge in [-0.3, -0.25) is 4.79 Å². The van der Waals surface area contributed by atoms with Crippen LogP contribution in [0.5, 0.6) is 0 Å². The first kappa shape index (κ1) is 12.7. The number of halogens is 1. The molecular weight excluding hydrogens is 205 g/mol. The van der Waals surface area contributed by atoms with Crippen LogP contribution < -0.4 is 4.90 Å². The normalized spacial score (nSPS) is 10.6. The van der Waals surface area contributed by atoms with Crippen LogP contribution in [0, 0.1) is 11.7 Å². The van der Waals surface area contributed by atoms with Crippen molar-refractivity contribution in [2.24, 2.45) is 5.92 Å². The molecule has 0 bridgehead atoms. The lowest BCUT2D eigenvalue weighted by atomic mass is 10.1. The lowest BCUT2D eigenvalue weighted by Crippen LogP contribution is -2.24. The van der Waals surface area contributed by atoms with Gasteiger partial charge in [0.1, 0.15) is 5.82 Å². The Labute approximate surface area is 96.1 Å². The number of Topliss-reactive ketones (excluding diaryl/α,β-unsaturated/α-hetero) is 1.